The molecule has 224 valence electrons. The van der Waals surface area contributed by atoms with E-state index in [1.165, 1.54) is 11.3 Å². The lowest BCUT2D eigenvalue weighted by Crippen LogP contribution is -2.25. The zero-order valence-electron chi connectivity index (χ0n) is 22.2. The van der Waals surface area contributed by atoms with E-state index in [0.717, 1.165) is 31.7 Å². The molecule has 0 unspecified atom stereocenters. The minimum Gasteiger partial charge on any atom is -0.429 e. The van der Waals surface area contributed by atoms with Crippen molar-refractivity contribution in [2.45, 2.75) is 19.2 Å². The van der Waals surface area contributed by atoms with Crippen LogP contribution in [0.5, 0.6) is 5.75 Å². The van der Waals surface area contributed by atoms with Gasteiger partial charge in [0.1, 0.15) is 45.2 Å². The van der Waals surface area contributed by atoms with Crippen LogP contribution < -0.4 is 4.74 Å². The monoisotopic (exact) mass is 633 g/mol. The number of nitrogens with zero attached hydrogens (tertiary/aromatic N) is 1. The van der Waals surface area contributed by atoms with Crippen molar-refractivity contribution < 1.29 is 44.3 Å². The maximum atomic E-state index is 14.9. The zero-order valence-corrected chi connectivity index (χ0v) is 23.0. The average Bonchev–Trinajstić information content (AvgIpc) is 3.33. The first kappa shape index (κ1) is 29.5. The molecule has 6 aromatic rings. The molecule has 1 heterocycles. The molecule has 0 fully saturated rings. The van der Waals surface area contributed by atoms with Gasteiger partial charge in [0.05, 0.1) is 10.2 Å². The third kappa shape index (κ3) is 5.45. The van der Waals surface area contributed by atoms with Crippen molar-refractivity contribution in [3.63, 3.8) is 0 Å². The van der Waals surface area contributed by atoms with Crippen LogP contribution in [0.4, 0.5) is 39.5 Å². The molecule has 0 spiro atoms. The first-order valence-corrected chi connectivity index (χ1v) is 13.6. The van der Waals surface area contributed by atoms with Crippen LogP contribution in [0.2, 0.25) is 0 Å². The van der Waals surface area contributed by atoms with Crippen LogP contribution in [0.3, 0.4) is 0 Å². The van der Waals surface area contributed by atoms with Gasteiger partial charge < -0.3 is 4.74 Å². The van der Waals surface area contributed by atoms with E-state index in [9.17, 15) is 39.5 Å². The van der Waals surface area contributed by atoms with E-state index in [-0.39, 0.29) is 17.7 Å². The van der Waals surface area contributed by atoms with Gasteiger partial charge in [-0.1, -0.05) is 30.3 Å². The Balaban J connectivity index is 1.29. The third-order valence-electron chi connectivity index (χ3n) is 6.84. The number of halogens is 9. The molecule has 12 heteroatoms. The van der Waals surface area contributed by atoms with Crippen molar-refractivity contribution in [3.05, 3.63) is 119 Å². The smallest absolute Gasteiger partial charge is 0.429 e. The van der Waals surface area contributed by atoms with Crippen molar-refractivity contribution in [2.24, 2.45) is 0 Å². The van der Waals surface area contributed by atoms with Crippen molar-refractivity contribution in [1.82, 2.24) is 4.98 Å². The molecule has 2 nitrogen and oxygen atoms in total. The van der Waals surface area contributed by atoms with E-state index in [2.05, 4.69) is 9.72 Å². The van der Waals surface area contributed by atoms with Crippen LogP contribution in [0.15, 0.2) is 78.9 Å². The largest absolute Gasteiger partial charge is 0.432 e. The number of benzene rings is 5. The van der Waals surface area contributed by atoms with Crippen LogP contribution in [-0.2, 0) is 12.3 Å². The number of hydrogen-bond acceptors (Lipinski definition) is 3. The summed E-state index contributed by atoms with van der Waals surface area (Å²) in [6.07, 6.45) is -10.3. The number of alkyl halides is 5. The molecular weight excluding hydrogens is 617 g/mol. The molecule has 0 aliphatic heterocycles. The van der Waals surface area contributed by atoms with Gasteiger partial charge in [-0.05, 0) is 70.8 Å². The first-order chi connectivity index (χ1) is 20.7. The van der Waals surface area contributed by atoms with Gasteiger partial charge in [0.2, 0.25) is 0 Å². The summed E-state index contributed by atoms with van der Waals surface area (Å²) in [6, 6.07) is 17.3. The molecule has 5 aromatic carbocycles. The van der Waals surface area contributed by atoms with Gasteiger partial charge in [0.15, 0.2) is 0 Å². The Kier molecular flexibility index (Phi) is 7.07. The maximum absolute atomic E-state index is 14.9. The summed E-state index contributed by atoms with van der Waals surface area (Å²) in [5.41, 5.74) is -1.18. The minimum atomic E-state index is -5.45. The van der Waals surface area contributed by atoms with Crippen LogP contribution in [0, 0.1) is 30.2 Å². The summed E-state index contributed by atoms with van der Waals surface area (Å²) in [5.74, 6) is -9.38. The quantitative estimate of drug-likeness (QED) is 0.176. The molecule has 6 rings (SSSR count). The molecule has 0 N–H and O–H groups in total. The maximum Gasteiger partial charge on any atom is 0.432 e. The second-order valence-corrected chi connectivity index (χ2v) is 11.0. The van der Waals surface area contributed by atoms with Crippen LogP contribution >= 0.6 is 11.3 Å². The summed E-state index contributed by atoms with van der Waals surface area (Å²) in [7, 11) is 0. The molecule has 0 atom stereocenters. The standard InChI is InChI=1S/C32H16F9NOS/c1-15-2-7-26-27(8-15)44-30(42-26)19-6-5-16-9-18(4-3-17(16)10-19)20-11-22(33)29(23(34)12-20)32(40,41)43-21-13-24(35)28(25(36)14-21)31(37,38)39/h2-14H,1H3. The van der Waals surface area contributed by atoms with Gasteiger partial charge >= 0.3 is 12.3 Å². The van der Waals surface area contributed by atoms with E-state index in [0.29, 0.717) is 23.1 Å². The first-order valence-electron chi connectivity index (χ1n) is 12.7. The second-order valence-electron chi connectivity index (χ2n) is 9.96. The highest BCUT2D eigenvalue weighted by Gasteiger charge is 2.43. The van der Waals surface area contributed by atoms with Gasteiger partial charge in [-0.3, -0.25) is 0 Å². The van der Waals surface area contributed by atoms with Crippen molar-refractivity contribution in [2.75, 3.05) is 0 Å². The number of ether oxygens (including phenoxy) is 1. The molecule has 0 bridgehead atoms. The Morgan fingerprint density at radius 2 is 1.18 bits per heavy atom. The summed E-state index contributed by atoms with van der Waals surface area (Å²) < 4.78 is 131. The lowest BCUT2D eigenvalue weighted by molar-refractivity contribution is -0.189. The minimum absolute atomic E-state index is 0.0984. The van der Waals surface area contributed by atoms with E-state index >= 15 is 0 Å². The van der Waals surface area contributed by atoms with Crippen LogP contribution in [0.1, 0.15) is 16.7 Å². The van der Waals surface area contributed by atoms with Crippen molar-refractivity contribution >= 4 is 32.3 Å². The molecular formula is C32H16F9NOS. The molecule has 44 heavy (non-hydrogen) atoms. The molecule has 0 amide bonds. The summed E-state index contributed by atoms with van der Waals surface area (Å²) in [5, 5.41) is 2.28. The number of rotatable bonds is 5. The molecule has 1 aromatic heterocycles. The average molecular weight is 634 g/mol. The van der Waals surface area contributed by atoms with E-state index in [1.807, 2.05) is 37.3 Å². The lowest BCUT2D eigenvalue weighted by atomic mass is 9.98. The second kappa shape index (κ2) is 10.5. The number of fused-ring (bicyclic) bond motifs is 2. The Bertz CT molecular complexity index is 2040. The van der Waals surface area contributed by atoms with Gasteiger partial charge in [-0.15, -0.1) is 11.3 Å². The fourth-order valence-corrected chi connectivity index (χ4v) is 5.87. The summed E-state index contributed by atoms with van der Waals surface area (Å²) in [4.78, 5) is 4.67. The van der Waals surface area contributed by atoms with Gasteiger partial charge in [-0.25, -0.2) is 22.5 Å². The highest BCUT2D eigenvalue weighted by molar-refractivity contribution is 7.21. The number of aryl methyl sites for hydroxylation is 1. The number of aromatic nitrogens is 1. The normalized spacial score (nSPS) is 12.3. The summed E-state index contributed by atoms with van der Waals surface area (Å²) in [6.45, 7) is 1.99. The van der Waals surface area contributed by atoms with Crippen molar-refractivity contribution in [1.29, 1.82) is 0 Å². The predicted octanol–water partition coefficient (Wildman–Crippen LogP) is 10.8. The van der Waals surface area contributed by atoms with Crippen molar-refractivity contribution in [3.8, 4) is 27.4 Å². The van der Waals surface area contributed by atoms with Gasteiger partial charge in [0, 0.05) is 17.7 Å². The Hall–Kier alpha value is -4.58. The van der Waals surface area contributed by atoms with Crippen LogP contribution in [-0.4, -0.2) is 4.98 Å². The molecule has 0 aliphatic rings. The molecule has 0 aliphatic carbocycles. The Morgan fingerprint density at radius 1 is 0.614 bits per heavy atom. The highest BCUT2D eigenvalue weighted by Crippen LogP contribution is 2.41. The van der Waals surface area contributed by atoms with Gasteiger partial charge in [0.25, 0.3) is 0 Å². The van der Waals surface area contributed by atoms with E-state index < -0.39 is 52.4 Å². The highest BCUT2D eigenvalue weighted by atomic mass is 32.1. The lowest BCUT2D eigenvalue weighted by Gasteiger charge is -2.21. The van der Waals surface area contributed by atoms with E-state index in [4.69, 9.17) is 0 Å². The topological polar surface area (TPSA) is 22.1 Å². The Morgan fingerprint density at radius 3 is 1.80 bits per heavy atom. The predicted molar refractivity (Wildman–Crippen MR) is 149 cm³/mol. The third-order valence-corrected chi connectivity index (χ3v) is 7.91. The van der Waals surface area contributed by atoms with Crippen LogP contribution in [0.25, 0.3) is 42.7 Å². The van der Waals surface area contributed by atoms with E-state index in [1.54, 1.807) is 24.3 Å². The zero-order chi connectivity index (χ0) is 31.6. The molecule has 0 saturated heterocycles. The molecule has 0 saturated carbocycles. The SMILES string of the molecule is Cc1ccc2nc(-c3ccc4cc(-c5cc(F)c(C(F)(F)Oc6cc(F)c(C(F)(F)F)c(F)c6)c(F)c5)ccc4c3)sc2c1. The van der Waals surface area contributed by atoms with Gasteiger partial charge in [-0.2, -0.15) is 22.0 Å². The molecule has 0 radical (unpaired) electrons. The summed E-state index contributed by atoms with van der Waals surface area (Å²) >= 11 is 1.53. The number of hydrogen-bond donors (Lipinski definition) is 0. The fraction of sp³-hybridized carbons (Fsp3) is 0.0938. The Labute approximate surface area is 247 Å². The fourth-order valence-electron chi connectivity index (χ4n) is 4.81. The number of thiazole rings is 1.